The summed E-state index contributed by atoms with van der Waals surface area (Å²) in [6.45, 7) is 6.77. The van der Waals surface area contributed by atoms with Gasteiger partial charge >= 0.3 is 0 Å². The minimum absolute atomic E-state index is 0.641. The first kappa shape index (κ1) is 14.6. The number of hydrogen-bond acceptors (Lipinski definition) is 3. The van der Waals surface area contributed by atoms with Crippen molar-refractivity contribution >= 4 is 23.1 Å². The maximum Gasteiger partial charge on any atom is 0.133 e. The van der Waals surface area contributed by atoms with Crippen LogP contribution in [0.5, 0.6) is 0 Å². The number of hydrogen-bond donors (Lipinski definition) is 0. The monoisotopic (exact) mass is 267 g/mol. The predicted molar refractivity (Wildman–Crippen MR) is 78.6 cm³/mol. The molecule has 0 aliphatic rings. The van der Waals surface area contributed by atoms with E-state index in [0.717, 1.165) is 18.1 Å². The third kappa shape index (κ3) is 5.14. The Labute approximate surface area is 113 Å². The van der Waals surface area contributed by atoms with Crippen molar-refractivity contribution in [2.45, 2.75) is 46.0 Å². The lowest BCUT2D eigenvalue weighted by Gasteiger charge is -2.11. The molecule has 0 fully saturated rings. The molecule has 94 valence electrons. The summed E-state index contributed by atoms with van der Waals surface area (Å²) in [5.74, 6) is 2.32. The van der Waals surface area contributed by atoms with E-state index < -0.39 is 0 Å². The summed E-state index contributed by atoms with van der Waals surface area (Å²) in [5, 5.41) is 10.7. The summed E-state index contributed by atoms with van der Waals surface area (Å²) in [6.07, 6.45) is 3.48. The number of thiophene rings is 1. The molecule has 1 heterocycles. The molecule has 0 radical (unpaired) electrons. The minimum atomic E-state index is 0.641. The Morgan fingerprint density at radius 1 is 1.41 bits per heavy atom. The molecular weight excluding hydrogens is 246 g/mol. The molecular formula is C14H21NS2. The Morgan fingerprint density at radius 2 is 2.18 bits per heavy atom. The van der Waals surface area contributed by atoms with Gasteiger partial charge in [0.1, 0.15) is 5.40 Å². The summed E-state index contributed by atoms with van der Waals surface area (Å²) in [6, 6.07) is 4.56. The molecule has 0 spiro atoms. The smallest absolute Gasteiger partial charge is 0.133 e. The van der Waals surface area contributed by atoms with Gasteiger partial charge in [-0.25, -0.2) is 0 Å². The molecule has 17 heavy (non-hydrogen) atoms. The highest BCUT2D eigenvalue weighted by Crippen LogP contribution is 2.31. The molecule has 0 N–H and O–H groups in total. The van der Waals surface area contributed by atoms with Gasteiger partial charge < -0.3 is 0 Å². The number of thiocyanates is 1. The fourth-order valence-electron chi connectivity index (χ4n) is 1.92. The van der Waals surface area contributed by atoms with Crippen molar-refractivity contribution in [3.05, 3.63) is 21.9 Å². The Morgan fingerprint density at radius 3 is 2.76 bits per heavy atom. The Balaban J connectivity index is 2.56. The van der Waals surface area contributed by atoms with Gasteiger partial charge in [-0.1, -0.05) is 20.8 Å². The van der Waals surface area contributed by atoms with Crippen LogP contribution in [0.2, 0.25) is 0 Å². The van der Waals surface area contributed by atoms with Crippen LogP contribution in [0.3, 0.4) is 0 Å². The molecule has 0 bridgehead atoms. The van der Waals surface area contributed by atoms with Crippen LogP contribution in [0.4, 0.5) is 0 Å². The van der Waals surface area contributed by atoms with E-state index in [0.29, 0.717) is 5.92 Å². The van der Waals surface area contributed by atoms with Crippen molar-refractivity contribution in [1.29, 1.82) is 5.26 Å². The molecule has 1 atom stereocenters. The van der Waals surface area contributed by atoms with Crippen LogP contribution in [0, 0.1) is 16.6 Å². The van der Waals surface area contributed by atoms with E-state index in [1.807, 2.05) is 11.3 Å². The van der Waals surface area contributed by atoms with Crippen LogP contribution in [-0.4, -0.2) is 5.75 Å². The van der Waals surface area contributed by atoms with Gasteiger partial charge in [0.25, 0.3) is 0 Å². The number of nitrogens with zero attached hydrogens (tertiary/aromatic N) is 1. The fraction of sp³-hybridized carbons (Fsp3) is 0.643. The molecule has 0 aliphatic heterocycles. The fourth-order valence-corrected chi connectivity index (χ4v) is 3.86. The molecule has 3 heteroatoms. The third-order valence-electron chi connectivity index (χ3n) is 2.82. The van der Waals surface area contributed by atoms with Crippen molar-refractivity contribution in [3.8, 4) is 5.40 Å². The number of rotatable bonds is 7. The second-order valence-electron chi connectivity index (χ2n) is 4.74. The van der Waals surface area contributed by atoms with Gasteiger partial charge in [0.2, 0.25) is 0 Å². The van der Waals surface area contributed by atoms with Gasteiger partial charge in [0.05, 0.1) is 0 Å². The van der Waals surface area contributed by atoms with E-state index in [2.05, 4.69) is 38.3 Å². The largest absolute Gasteiger partial charge is 0.185 e. The van der Waals surface area contributed by atoms with Crippen LogP contribution in [0.1, 0.15) is 49.3 Å². The standard InChI is InChI=1S/C14H21NS2/c1-4-12(7-8-16-10-15)14-6-5-13(17-14)9-11(2)3/h5-6,11-12H,4,7-9H2,1-3H3. The first-order valence-electron chi connectivity index (χ1n) is 6.26. The van der Waals surface area contributed by atoms with E-state index in [1.165, 1.54) is 34.4 Å². The topological polar surface area (TPSA) is 23.8 Å². The minimum Gasteiger partial charge on any atom is -0.185 e. The molecule has 1 rings (SSSR count). The summed E-state index contributed by atoms with van der Waals surface area (Å²) < 4.78 is 0. The second kappa shape index (κ2) is 7.79. The molecule has 0 aliphatic carbocycles. The zero-order valence-corrected chi connectivity index (χ0v) is 12.5. The van der Waals surface area contributed by atoms with Gasteiger partial charge in [0, 0.05) is 15.5 Å². The third-order valence-corrected chi connectivity index (χ3v) is 4.66. The van der Waals surface area contributed by atoms with Crippen molar-refractivity contribution in [1.82, 2.24) is 0 Å². The molecule has 0 amide bonds. The molecule has 1 nitrogen and oxygen atoms in total. The Bertz CT molecular complexity index is 363. The second-order valence-corrected chi connectivity index (χ2v) is 6.82. The molecule has 0 saturated carbocycles. The van der Waals surface area contributed by atoms with Crippen LogP contribution in [0.25, 0.3) is 0 Å². The van der Waals surface area contributed by atoms with E-state index >= 15 is 0 Å². The quantitative estimate of drug-likeness (QED) is 0.510. The van der Waals surface area contributed by atoms with Gasteiger partial charge in [-0.3, -0.25) is 0 Å². The number of thioether (sulfide) groups is 1. The summed E-state index contributed by atoms with van der Waals surface area (Å²) in [5.41, 5.74) is 0. The predicted octanol–water partition coefficient (Wildman–Crippen LogP) is 5.04. The Hall–Kier alpha value is -0.460. The molecule has 0 aromatic carbocycles. The summed E-state index contributed by atoms with van der Waals surface area (Å²) in [7, 11) is 0. The number of nitriles is 1. The average Bonchev–Trinajstić information content (AvgIpc) is 2.72. The molecule has 1 aromatic rings. The highest BCUT2D eigenvalue weighted by Gasteiger charge is 2.12. The van der Waals surface area contributed by atoms with E-state index in [9.17, 15) is 0 Å². The van der Waals surface area contributed by atoms with Gasteiger partial charge in [-0.2, -0.15) is 5.26 Å². The average molecular weight is 267 g/mol. The van der Waals surface area contributed by atoms with Crippen LogP contribution >= 0.6 is 23.1 Å². The normalized spacial score (nSPS) is 12.6. The van der Waals surface area contributed by atoms with E-state index in [-0.39, 0.29) is 0 Å². The van der Waals surface area contributed by atoms with Gasteiger partial charge in [-0.15, -0.1) is 11.3 Å². The van der Waals surface area contributed by atoms with Gasteiger partial charge in [0.15, 0.2) is 0 Å². The van der Waals surface area contributed by atoms with Crippen molar-refractivity contribution in [2.24, 2.45) is 5.92 Å². The van der Waals surface area contributed by atoms with Gasteiger partial charge in [-0.05, 0) is 55.0 Å². The van der Waals surface area contributed by atoms with Crippen molar-refractivity contribution in [3.63, 3.8) is 0 Å². The molecule has 1 unspecified atom stereocenters. The van der Waals surface area contributed by atoms with Crippen molar-refractivity contribution < 1.29 is 0 Å². The Kier molecular flexibility index (Phi) is 6.69. The van der Waals surface area contributed by atoms with E-state index in [1.54, 1.807) is 0 Å². The molecule has 1 aromatic heterocycles. The van der Waals surface area contributed by atoms with Crippen LogP contribution in [0.15, 0.2) is 12.1 Å². The van der Waals surface area contributed by atoms with E-state index in [4.69, 9.17) is 5.26 Å². The lowest BCUT2D eigenvalue weighted by atomic mass is 10.0. The summed E-state index contributed by atoms with van der Waals surface area (Å²) >= 11 is 3.33. The zero-order chi connectivity index (χ0) is 12.7. The van der Waals surface area contributed by atoms with Crippen LogP contribution in [-0.2, 0) is 6.42 Å². The summed E-state index contributed by atoms with van der Waals surface area (Å²) in [4.78, 5) is 3.00. The SMILES string of the molecule is CCC(CCSC#N)c1ccc(CC(C)C)s1. The first-order chi connectivity index (χ1) is 8.17. The highest BCUT2D eigenvalue weighted by molar-refractivity contribution is 8.03. The first-order valence-corrected chi connectivity index (χ1v) is 8.07. The molecule has 0 saturated heterocycles. The highest BCUT2D eigenvalue weighted by atomic mass is 32.2. The zero-order valence-electron chi connectivity index (χ0n) is 10.9. The van der Waals surface area contributed by atoms with Crippen LogP contribution < -0.4 is 0 Å². The van der Waals surface area contributed by atoms with Crippen molar-refractivity contribution in [2.75, 3.05) is 5.75 Å². The maximum atomic E-state index is 8.54. The lowest BCUT2D eigenvalue weighted by molar-refractivity contribution is 0.654. The lowest BCUT2D eigenvalue weighted by Crippen LogP contribution is -1.96. The maximum absolute atomic E-state index is 8.54.